The molecule has 1 aliphatic rings. The Labute approximate surface area is 109 Å². The molecule has 0 unspecified atom stereocenters. The molecule has 1 aromatic heterocycles. The van der Waals surface area contributed by atoms with Gasteiger partial charge >= 0.3 is 0 Å². The summed E-state index contributed by atoms with van der Waals surface area (Å²) in [5.41, 5.74) is 0. The van der Waals surface area contributed by atoms with E-state index in [2.05, 4.69) is 51.1 Å². The fraction of sp³-hybridized carbons (Fsp3) is 0.429. The number of aliphatic hydroxyl groups excluding tert-OH is 1. The second-order valence-corrected chi connectivity index (χ2v) is 5.81. The highest BCUT2D eigenvalue weighted by molar-refractivity contribution is 9.10. The second-order valence-electron chi connectivity index (χ2n) is 4.90. The summed E-state index contributed by atoms with van der Waals surface area (Å²) in [7, 11) is 0. The summed E-state index contributed by atoms with van der Waals surface area (Å²) < 4.78 is 3.30. The third kappa shape index (κ3) is 2.14. The molecule has 1 aromatic carbocycles. The molecule has 0 spiro atoms. The Hall–Kier alpha value is -0.800. The summed E-state index contributed by atoms with van der Waals surface area (Å²) >= 11 is 3.49. The molecule has 90 valence electrons. The highest BCUT2D eigenvalue weighted by Gasteiger charge is 2.24. The molecular weight excluding hydrogens is 278 g/mol. The lowest BCUT2D eigenvalue weighted by molar-refractivity contribution is 0.0758. The molecule has 3 heteroatoms. The Kier molecular flexibility index (Phi) is 2.97. The number of aliphatic hydroxyl groups is 1. The Bertz CT molecular complexity index is 534. The first kappa shape index (κ1) is 11.3. The van der Waals surface area contributed by atoms with E-state index in [0.717, 1.165) is 23.7 Å². The van der Waals surface area contributed by atoms with Gasteiger partial charge in [0.05, 0.1) is 12.1 Å². The predicted octanol–water partition coefficient (Wildman–Crippen LogP) is 3.88. The Morgan fingerprint density at radius 1 is 1.12 bits per heavy atom. The first-order valence-corrected chi connectivity index (χ1v) is 6.98. The molecule has 17 heavy (non-hydrogen) atoms. The molecule has 2 nitrogen and oxygen atoms in total. The Morgan fingerprint density at radius 3 is 2.71 bits per heavy atom. The highest BCUT2D eigenvalue weighted by atomic mass is 79.9. The van der Waals surface area contributed by atoms with E-state index in [4.69, 9.17) is 0 Å². The van der Waals surface area contributed by atoms with E-state index in [-0.39, 0.29) is 12.1 Å². The molecule has 1 heterocycles. The van der Waals surface area contributed by atoms with Crippen molar-refractivity contribution in [3.05, 3.63) is 35.1 Å². The van der Waals surface area contributed by atoms with Crippen molar-refractivity contribution < 1.29 is 5.11 Å². The first-order chi connectivity index (χ1) is 8.24. The van der Waals surface area contributed by atoms with Gasteiger partial charge in [-0.3, -0.25) is 0 Å². The van der Waals surface area contributed by atoms with Crippen molar-refractivity contribution in [1.82, 2.24) is 4.57 Å². The highest BCUT2D eigenvalue weighted by Crippen LogP contribution is 2.31. The van der Waals surface area contributed by atoms with Crippen molar-refractivity contribution in [2.45, 2.75) is 37.8 Å². The summed E-state index contributed by atoms with van der Waals surface area (Å²) in [6.45, 7) is 0. The maximum Gasteiger partial charge on any atom is 0.0747 e. The summed E-state index contributed by atoms with van der Waals surface area (Å²) in [6, 6.07) is 6.56. The van der Waals surface area contributed by atoms with Crippen LogP contribution in [0.2, 0.25) is 0 Å². The molecule has 0 radical (unpaired) electrons. The molecule has 2 aromatic rings. The number of nitrogens with zero attached hydrogens (tertiary/aromatic N) is 1. The van der Waals surface area contributed by atoms with E-state index in [1.54, 1.807) is 0 Å². The van der Waals surface area contributed by atoms with E-state index in [0.29, 0.717) is 0 Å². The van der Waals surface area contributed by atoms with Gasteiger partial charge < -0.3 is 9.67 Å². The molecule has 1 aliphatic carbocycles. The topological polar surface area (TPSA) is 25.2 Å². The zero-order valence-corrected chi connectivity index (χ0v) is 11.2. The molecule has 0 bridgehead atoms. The maximum absolute atomic E-state index is 10.1. The molecule has 0 amide bonds. The van der Waals surface area contributed by atoms with Gasteiger partial charge in [-0.2, -0.15) is 0 Å². The fourth-order valence-electron chi connectivity index (χ4n) is 2.76. The van der Waals surface area contributed by atoms with E-state index in [9.17, 15) is 5.11 Å². The maximum atomic E-state index is 10.1. The lowest BCUT2D eigenvalue weighted by Crippen LogP contribution is -2.26. The summed E-state index contributed by atoms with van der Waals surface area (Å²) in [5.74, 6) is 0. The molecule has 0 saturated heterocycles. The van der Waals surface area contributed by atoms with Crippen LogP contribution < -0.4 is 0 Å². The zero-order valence-electron chi connectivity index (χ0n) is 9.64. The van der Waals surface area contributed by atoms with Gasteiger partial charge in [-0.1, -0.05) is 34.8 Å². The minimum Gasteiger partial charge on any atom is -0.391 e. The number of benzene rings is 1. The van der Waals surface area contributed by atoms with Crippen molar-refractivity contribution in [1.29, 1.82) is 0 Å². The van der Waals surface area contributed by atoms with E-state index in [1.807, 2.05) is 0 Å². The van der Waals surface area contributed by atoms with Crippen molar-refractivity contribution in [2.24, 2.45) is 0 Å². The number of rotatable bonds is 1. The van der Waals surface area contributed by atoms with Gasteiger partial charge in [-0.25, -0.2) is 0 Å². The number of fused-ring (bicyclic) bond motifs is 1. The molecule has 1 saturated carbocycles. The minimum atomic E-state index is -0.186. The molecule has 0 aliphatic heterocycles. The van der Waals surface area contributed by atoms with Crippen LogP contribution in [0.1, 0.15) is 31.7 Å². The van der Waals surface area contributed by atoms with Gasteiger partial charge in [0.15, 0.2) is 0 Å². The average molecular weight is 294 g/mol. The zero-order chi connectivity index (χ0) is 11.8. The van der Waals surface area contributed by atoms with E-state index >= 15 is 0 Å². The van der Waals surface area contributed by atoms with Gasteiger partial charge in [0.1, 0.15) is 0 Å². The van der Waals surface area contributed by atoms with Crippen LogP contribution in [-0.2, 0) is 0 Å². The van der Waals surface area contributed by atoms with Gasteiger partial charge in [0.2, 0.25) is 0 Å². The fourth-order valence-corrected chi connectivity index (χ4v) is 3.14. The minimum absolute atomic E-state index is 0.186. The third-order valence-electron chi connectivity index (χ3n) is 3.70. The summed E-state index contributed by atoms with van der Waals surface area (Å²) in [6.07, 6.45) is 8.52. The van der Waals surface area contributed by atoms with Crippen LogP contribution in [0.25, 0.3) is 10.8 Å². The predicted molar refractivity (Wildman–Crippen MR) is 73.1 cm³/mol. The van der Waals surface area contributed by atoms with Crippen LogP contribution in [0.5, 0.6) is 0 Å². The van der Waals surface area contributed by atoms with Crippen molar-refractivity contribution in [3.63, 3.8) is 0 Å². The largest absolute Gasteiger partial charge is 0.391 e. The lowest BCUT2D eigenvalue weighted by Gasteiger charge is -2.28. The third-order valence-corrected chi connectivity index (χ3v) is 4.20. The SMILES string of the molecule is O[C@@H]1CCCC[C@H]1n1cc2ccc(Br)cc2c1. The number of hydrogen-bond donors (Lipinski definition) is 1. The number of hydrogen-bond acceptors (Lipinski definition) is 1. The van der Waals surface area contributed by atoms with E-state index < -0.39 is 0 Å². The van der Waals surface area contributed by atoms with Crippen LogP contribution in [-0.4, -0.2) is 15.8 Å². The average Bonchev–Trinajstić information content (AvgIpc) is 2.72. The molecular formula is C14H16BrNO. The normalized spacial score (nSPS) is 25.3. The van der Waals surface area contributed by atoms with Crippen LogP contribution in [0.15, 0.2) is 35.1 Å². The van der Waals surface area contributed by atoms with E-state index in [1.165, 1.54) is 17.2 Å². The smallest absolute Gasteiger partial charge is 0.0747 e. The van der Waals surface area contributed by atoms with Crippen molar-refractivity contribution in [2.75, 3.05) is 0 Å². The second kappa shape index (κ2) is 4.46. The first-order valence-electron chi connectivity index (χ1n) is 6.19. The van der Waals surface area contributed by atoms with Crippen LogP contribution in [0.3, 0.4) is 0 Å². The Morgan fingerprint density at radius 2 is 1.88 bits per heavy atom. The molecule has 2 atom stereocenters. The monoisotopic (exact) mass is 293 g/mol. The molecule has 3 rings (SSSR count). The molecule has 1 N–H and O–H groups in total. The lowest BCUT2D eigenvalue weighted by atomic mass is 9.92. The Balaban J connectivity index is 1.99. The van der Waals surface area contributed by atoms with Crippen molar-refractivity contribution in [3.8, 4) is 0 Å². The van der Waals surface area contributed by atoms with Crippen LogP contribution in [0.4, 0.5) is 0 Å². The number of halogens is 1. The van der Waals surface area contributed by atoms with Crippen LogP contribution >= 0.6 is 15.9 Å². The van der Waals surface area contributed by atoms with Crippen LogP contribution in [0, 0.1) is 0 Å². The van der Waals surface area contributed by atoms with Gasteiger partial charge in [-0.05, 0) is 30.4 Å². The summed E-state index contributed by atoms with van der Waals surface area (Å²) in [4.78, 5) is 0. The quantitative estimate of drug-likeness (QED) is 0.848. The van der Waals surface area contributed by atoms with Crippen molar-refractivity contribution >= 4 is 26.7 Å². The van der Waals surface area contributed by atoms with Gasteiger partial charge in [0, 0.05) is 22.3 Å². The number of aromatic nitrogens is 1. The standard InChI is InChI=1S/C14H16BrNO/c15-12-6-5-10-8-16(9-11(10)7-12)13-3-1-2-4-14(13)17/h5-9,13-14,17H,1-4H2/t13-,14-/m1/s1. The molecule has 1 fully saturated rings. The van der Waals surface area contributed by atoms with Gasteiger partial charge in [-0.15, -0.1) is 0 Å². The van der Waals surface area contributed by atoms with Gasteiger partial charge in [0.25, 0.3) is 0 Å². The summed E-state index contributed by atoms with van der Waals surface area (Å²) in [5, 5.41) is 12.5.